The van der Waals surface area contributed by atoms with E-state index in [2.05, 4.69) is 34.9 Å². The molecule has 2 aromatic rings. The summed E-state index contributed by atoms with van der Waals surface area (Å²) in [5.41, 5.74) is 2.56. The largest absolute Gasteiger partial charge is 0.491 e. The summed E-state index contributed by atoms with van der Waals surface area (Å²) in [7, 11) is 0. The first kappa shape index (κ1) is 23.1. The third-order valence-corrected chi connectivity index (χ3v) is 6.11. The zero-order valence-electron chi connectivity index (χ0n) is 18.9. The van der Waals surface area contributed by atoms with Gasteiger partial charge < -0.3 is 29.6 Å². The minimum absolute atomic E-state index is 0.491. The van der Waals surface area contributed by atoms with Crippen LogP contribution in [0.25, 0.3) is 0 Å². The van der Waals surface area contributed by atoms with Gasteiger partial charge in [0.2, 0.25) is 0 Å². The van der Waals surface area contributed by atoms with E-state index in [0.29, 0.717) is 51.7 Å². The maximum absolute atomic E-state index is 5.78. The first-order valence-corrected chi connectivity index (χ1v) is 11.9. The van der Waals surface area contributed by atoms with E-state index in [0.717, 1.165) is 24.6 Å². The standard InChI is InChI=1S/C26H36N2O4/c1-2-4-26-25(3-1)27-19-21-5-9-23(10-6-21)31-17-15-29-13-14-30-16-18-32-24-11-7-22(8-12-24)20-28-26/h5-12,25-28H,1-4,13-20H2/t25-,26-/m1/s1. The molecule has 1 fully saturated rings. The number of benzene rings is 2. The molecule has 1 aliphatic carbocycles. The van der Waals surface area contributed by atoms with Crippen molar-refractivity contribution < 1.29 is 18.9 Å². The Hall–Kier alpha value is -2.12. The Labute approximate surface area is 191 Å². The molecule has 0 unspecified atom stereocenters. The lowest BCUT2D eigenvalue weighted by Crippen LogP contribution is -2.49. The van der Waals surface area contributed by atoms with Crippen molar-refractivity contribution in [3.63, 3.8) is 0 Å². The van der Waals surface area contributed by atoms with E-state index < -0.39 is 0 Å². The highest BCUT2D eigenvalue weighted by atomic mass is 16.6. The van der Waals surface area contributed by atoms with Crippen molar-refractivity contribution in [3.8, 4) is 11.5 Å². The molecule has 4 aliphatic heterocycles. The third-order valence-electron chi connectivity index (χ3n) is 6.11. The van der Waals surface area contributed by atoms with Crippen molar-refractivity contribution in [2.75, 3.05) is 39.6 Å². The van der Waals surface area contributed by atoms with Crippen molar-refractivity contribution in [2.24, 2.45) is 0 Å². The Morgan fingerprint density at radius 1 is 0.531 bits per heavy atom. The van der Waals surface area contributed by atoms with Crippen LogP contribution in [0.5, 0.6) is 11.5 Å². The summed E-state index contributed by atoms with van der Waals surface area (Å²) >= 11 is 0. The van der Waals surface area contributed by atoms with Crippen LogP contribution in [0.15, 0.2) is 48.5 Å². The van der Waals surface area contributed by atoms with E-state index in [1.54, 1.807) is 0 Å². The highest BCUT2D eigenvalue weighted by molar-refractivity contribution is 5.28. The predicted molar refractivity (Wildman–Crippen MR) is 125 cm³/mol. The number of hydrogen-bond acceptors (Lipinski definition) is 6. The van der Waals surface area contributed by atoms with Gasteiger partial charge in [-0.1, -0.05) is 37.1 Å². The molecule has 0 amide bonds. The third kappa shape index (κ3) is 7.48. The summed E-state index contributed by atoms with van der Waals surface area (Å²) in [4.78, 5) is 0. The Bertz CT molecular complexity index is 714. The second kappa shape index (κ2) is 12.8. The molecule has 0 aromatic heterocycles. The molecule has 7 rings (SSSR count). The molecule has 0 spiro atoms. The molecular formula is C26H36N2O4. The van der Waals surface area contributed by atoms with Crippen LogP contribution < -0.4 is 20.1 Å². The van der Waals surface area contributed by atoms with Crippen molar-refractivity contribution in [1.82, 2.24) is 10.6 Å². The molecule has 1 saturated carbocycles. The Kier molecular flexibility index (Phi) is 9.22. The van der Waals surface area contributed by atoms with Gasteiger partial charge in [-0.2, -0.15) is 0 Å². The summed E-state index contributed by atoms with van der Waals surface area (Å²) in [5, 5.41) is 7.57. The van der Waals surface area contributed by atoms with Gasteiger partial charge in [-0.15, -0.1) is 0 Å². The first-order valence-electron chi connectivity index (χ1n) is 11.9. The fourth-order valence-corrected chi connectivity index (χ4v) is 4.28. The second-order valence-electron chi connectivity index (χ2n) is 8.47. The Morgan fingerprint density at radius 2 is 0.938 bits per heavy atom. The summed E-state index contributed by atoms with van der Waals surface area (Å²) < 4.78 is 22.7. The molecule has 2 atom stereocenters. The van der Waals surface area contributed by atoms with E-state index in [1.165, 1.54) is 36.8 Å². The normalized spacial score (nSPS) is 24.0. The molecule has 174 valence electrons. The lowest BCUT2D eigenvalue weighted by Gasteiger charge is -2.33. The first-order chi connectivity index (χ1) is 15.9. The van der Waals surface area contributed by atoms with Gasteiger partial charge in [-0.25, -0.2) is 0 Å². The second-order valence-corrected chi connectivity index (χ2v) is 8.47. The number of nitrogens with one attached hydrogen (secondary N) is 2. The highest BCUT2D eigenvalue weighted by Gasteiger charge is 2.24. The molecule has 6 heteroatoms. The van der Waals surface area contributed by atoms with Crippen LogP contribution in [0, 0.1) is 0 Å². The Balaban J connectivity index is 1.36. The van der Waals surface area contributed by atoms with Gasteiger partial charge in [0.05, 0.1) is 26.4 Å². The molecule has 2 aromatic carbocycles. The lowest BCUT2D eigenvalue weighted by molar-refractivity contribution is 0.0273. The summed E-state index contributed by atoms with van der Waals surface area (Å²) in [5.74, 6) is 1.76. The molecule has 0 radical (unpaired) electrons. The average Bonchev–Trinajstić information content (AvgIpc) is 2.84. The van der Waals surface area contributed by atoms with E-state index >= 15 is 0 Å². The van der Waals surface area contributed by atoms with E-state index in [4.69, 9.17) is 18.9 Å². The topological polar surface area (TPSA) is 61.0 Å². The van der Waals surface area contributed by atoms with Crippen LogP contribution >= 0.6 is 0 Å². The van der Waals surface area contributed by atoms with E-state index in [1.807, 2.05) is 24.3 Å². The van der Waals surface area contributed by atoms with Crippen molar-refractivity contribution in [3.05, 3.63) is 59.7 Å². The van der Waals surface area contributed by atoms with Crippen LogP contribution in [0.3, 0.4) is 0 Å². The van der Waals surface area contributed by atoms with Crippen LogP contribution in [-0.4, -0.2) is 51.7 Å². The molecule has 6 nitrogen and oxygen atoms in total. The number of hydrogen-bond donors (Lipinski definition) is 2. The minimum atomic E-state index is 0.491. The monoisotopic (exact) mass is 440 g/mol. The highest BCUT2D eigenvalue weighted by Crippen LogP contribution is 2.21. The van der Waals surface area contributed by atoms with Crippen molar-refractivity contribution in [1.29, 1.82) is 0 Å². The quantitative estimate of drug-likeness (QED) is 0.652. The number of ether oxygens (including phenoxy) is 4. The Morgan fingerprint density at radius 3 is 1.38 bits per heavy atom. The van der Waals surface area contributed by atoms with Gasteiger partial charge in [-0.3, -0.25) is 0 Å². The molecule has 32 heavy (non-hydrogen) atoms. The van der Waals surface area contributed by atoms with Crippen LogP contribution in [0.2, 0.25) is 0 Å². The van der Waals surface area contributed by atoms with Gasteiger partial charge in [-0.05, 0) is 48.2 Å². The SMILES string of the molecule is c1cc2ccc1CN[C@@H]1CCCC[C@H]1NCc1ccc(cc1)OCCOCCOCCO2. The maximum atomic E-state index is 5.78. The van der Waals surface area contributed by atoms with Gasteiger partial charge in [0, 0.05) is 25.2 Å². The van der Waals surface area contributed by atoms with Gasteiger partial charge in [0.25, 0.3) is 0 Å². The molecular weight excluding hydrogens is 404 g/mol. The van der Waals surface area contributed by atoms with Gasteiger partial charge >= 0.3 is 0 Å². The van der Waals surface area contributed by atoms with Crippen LogP contribution in [0.4, 0.5) is 0 Å². The van der Waals surface area contributed by atoms with Crippen LogP contribution in [0.1, 0.15) is 36.8 Å². The molecule has 2 N–H and O–H groups in total. The zero-order chi connectivity index (χ0) is 21.8. The molecule has 4 heterocycles. The van der Waals surface area contributed by atoms with Crippen molar-refractivity contribution >= 4 is 0 Å². The lowest BCUT2D eigenvalue weighted by atomic mass is 9.90. The van der Waals surface area contributed by atoms with E-state index in [9.17, 15) is 0 Å². The summed E-state index contributed by atoms with van der Waals surface area (Å²) in [6, 6.07) is 17.7. The summed E-state index contributed by atoms with van der Waals surface area (Å²) in [6.45, 7) is 5.02. The van der Waals surface area contributed by atoms with Crippen LogP contribution in [-0.2, 0) is 22.6 Å². The van der Waals surface area contributed by atoms with Crippen molar-refractivity contribution in [2.45, 2.75) is 50.9 Å². The average molecular weight is 441 g/mol. The number of rotatable bonds is 0. The van der Waals surface area contributed by atoms with Gasteiger partial charge in [0.1, 0.15) is 24.7 Å². The maximum Gasteiger partial charge on any atom is 0.119 e. The molecule has 0 saturated heterocycles. The van der Waals surface area contributed by atoms with Gasteiger partial charge in [0.15, 0.2) is 0 Å². The zero-order valence-corrected chi connectivity index (χ0v) is 18.9. The fourth-order valence-electron chi connectivity index (χ4n) is 4.28. The minimum Gasteiger partial charge on any atom is -0.491 e. The molecule has 5 aliphatic rings. The smallest absolute Gasteiger partial charge is 0.119 e. The predicted octanol–water partition coefficient (Wildman–Crippen LogP) is 3.68. The molecule has 4 bridgehead atoms. The summed E-state index contributed by atoms with van der Waals surface area (Å²) in [6.07, 6.45) is 5.02. The fraction of sp³-hybridized carbons (Fsp3) is 0.538. The van der Waals surface area contributed by atoms with E-state index in [-0.39, 0.29) is 0 Å².